The van der Waals surface area contributed by atoms with Crippen molar-refractivity contribution in [2.24, 2.45) is 0 Å². The Morgan fingerprint density at radius 2 is 1.46 bits per heavy atom. The van der Waals surface area contributed by atoms with Crippen molar-refractivity contribution in [3.8, 4) is 0 Å². The number of carbonyl (C=O) groups excluding carboxylic acids is 2. The van der Waals surface area contributed by atoms with Crippen LogP contribution in [0.3, 0.4) is 0 Å². The highest BCUT2D eigenvalue weighted by Crippen LogP contribution is 2.17. The molecule has 2 N–H and O–H groups in total. The Labute approximate surface area is 159 Å². The van der Waals surface area contributed by atoms with Crippen LogP contribution in [-0.4, -0.2) is 23.3 Å². The lowest BCUT2D eigenvalue weighted by atomic mass is 10.2. The van der Waals surface area contributed by atoms with E-state index < -0.39 is 0 Å². The topological polar surface area (TPSA) is 58.2 Å². The highest BCUT2D eigenvalue weighted by atomic mass is 127. The number of amides is 2. The summed E-state index contributed by atoms with van der Waals surface area (Å²) < 4.78 is 1.11. The quantitative estimate of drug-likeness (QED) is 0.643. The first-order chi connectivity index (χ1) is 11.4. The number of benzene rings is 2. The Bertz CT molecular complexity index is 732. The molecule has 4 nitrogen and oxygen atoms in total. The van der Waals surface area contributed by atoms with Gasteiger partial charge in [-0.2, -0.15) is 0 Å². The molecule has 2 rings (SSSR count). The van der Waals surface area contributed by atoms with Crippen LogP contribution in [-0.2, 0) is 9.59 Å². The fourth-order valence-electron chi connectivity index (χ4n) is 1.94. The molecule has 0 bridgehead atoms. The van der Waals surface area contributed by atoms with E-state index >= 15 is 0 Å². The minimum atomic E-state index is -0.110. The van der Waals surface area contributed by atoms with Crippen molar-refractivity contribution in [1.82, 2.24) is 0 Å². The normalized spacial score (nSPS) is 10.3. The number of hydrogen-bond acceptors (Lipinski definition) is 3. The minimum Gasteiger partial charge on any atom is -0.325 e. The van der Waals surface area contributed by atoms with Gasteiger partial charge in [-0.3, -0.25) is 9.59 Å². The third-order valence-electron chi connectivity index (χ3n) is 3.26. The summed E-state index contributed by atoms with van der Waals surface area (Å²) in [6.45, 7) is 4.02. The summed E-state index contributed by atoms with van der Waals surface area (Å²) in [7, 11) is 0. The van der Waals surface area contributed by atoms with Crippen molar-refractivity contribution >= 4 is 57.5 Å². The zero-order chi connectivity index (χ0) is 17.5. The summed E-state index contributed by atoms with van der Waals surface area (Å²) in [5, 5.41) is 5.66. The highest BCUT2D eigenvalue weighted by molar-refractivity contribution is 14.1. The van der Waals surface area contributed by atoms with E-state index in [0.717, 1.165) is 20.5 Å². The summed E-state index contributed by atoms with van der Waals surface area (Å²) in [5.74, 6) is 0.266. The molecule has 0 aliphatic rings. The van der Waals surface area contributed by atoms with Crippen LogP contribution in [0.25, 0.3) is 0 Å². The Morgan fingerprint density at radius 1 is 0.917 bits per heavy atom. The first-order valence-corrected chi connectivity index (χ1v) is 9.67. The lowest BCUT2D eigenvalue weighted by molar-refractivity contribution is -0.114. The fourth-order valence-corrected chi connectivity index (χ4v) is 3.07. The van der Waals surface area contributed by atoms with Gasteiger partial charge in [0.05, 0.1) is 11.5 Å². The average molecular weight is 454 g/mol. The Kier molecular flexibility index (Phi) is 7.11. The minimum absolute atomic E-state index is 0.109. The number of rotatable bonds is 6. The van der Waals surface area contributed by atoms with E-state index in [-0.39, 0.29) is 23.3 Å². The number of halogens is 1. The van der Waals surface area contributed by atoms with E-state index in [9.17, 15) is 9.59 Å². The molecule has 0 saturated heterocycles. The molecular formula is C18H19IN2O2S. The second kappa shape index (κ2) is 9.08. The third kappa shape index (κ3) is 6.16. The van der Waals surface area contributed by atoms with Crippen LogP contribution in [0.5, 0.6) is 0 Å². The van der Waals surface area contributed by atoms with Crippen LogP contribution in [0.1, 0.15) is 11.1 Å². The van der Waals surface area contributed by atoms with E-state index in [1.54, 1.807) is 0 Å². The van der Waals surface area contributed by atoms with Gasteiger partial charge in [-0.15, -0.1) is 11.8 Å². The first-order valence-electron chi connectivity index (χ1n) is 7.44. The molecule has 0 aliphatic carbocycles. The zero-order valence-corrected chi connectivity index (χ0v) is 16.5. The van der Waals surface area contributed by atoms with E-state index in [1.165, 1.54) is 17.3 Å². The molecule has 0 aliphatic heterocycles. The second-order valence-electron chi connectivity index (χ2n) is 5.42. The van der Waals surface area contributed by atoms with Crippen LogP contribution in [0, 0.1) is 17.4 Å². The van der Waals surface area contributed by atoms with Crippen LogP contribution in [0.2, 0.25) is 0 Å². The number of thioether (sulfide) groups is 1. The van der Waals surface area contributed by atoms with Gasteiger partial charge in [0.1, 0.15) is 0 Å². The van der Waals surface area contributed by atoms with Gasteiger partial charge in [-0.1, -0.05) is 23.8 Å². The Morgan fingerprint density at radius 3 is 2.04 bits per heavy atom. The van der Waals surface area contributed by atoms with Gasteiger partial charge in [0, 0.05) is 14.9 Å². The number of nitrogens with one attached hydrogen (secondary N) is 2. The number of aryl methyl sites for hydroxylation is 2. The summed E-state index contributed by atoms with van der Waals surface area (Å²) in [6.07, 6.45) is 0. The SMILES string of the molecule is Cc1ccc(NC(=O)CSCC(=O)Nc2ccc(C)c(I)c2)cc1. The Hall–Kier alpha value is -1.54. The number of carbonyl (C=O) groups is 2. The van der Waals surface area contributed by atoms with Gasteiger partial charge >= 0.3 is 0 Å². The highest BCUT2D eigenvalue weighted by Gasteiger charge is 2.07. The maximum absolute atomic E-state index is 11.9. The summed E-state index contributed by atoms with van der Waals surface area (Å²) in [5.41, 5.74) is 3.87. The summed E-state index contributed by atoms with van der Waals surface area (Å²) in [6, 6.07) is 13.4. The van der Waals surface area contributed by atoms with Crippen molar-refractivity contribution in [2.45, 2.75) is 13.8 Å². The molecule has 2 amide bonds. The van der Waals surface area contributed by atoms with Gasteiger partial charge in [0.15, 0.2) is 0 Å². The van der Waals surface area contributed by atoms with Crippen molar-refractivity contribution < 1.29 is 9.59 Å². The third-order valence-corrected chi connectivity index (χ3v) is 5.35. The van der Waals surface area contributed by atoms with E-state index in [0.29, 0.717) is 0 Å². The predicted octanol–water partition coefficient (Wildman–Crippen LogP) is 4.22. The Balaban J connectivity index is 1.72. The average Bonchev–Trinajstić information content (AvgIpc) is 2.53. The second-order valence-corrected chi connectivity index (χ2v) is 7.57. The van der Waals surface area contributed by atoms with Gasteiger partial charge in [-0.05, 0) is 66.3 Å². The summed E-state index contributed by atoms with van der Waals surface area (Å²) in [4.78, 5) is 23.8. The molecule has 0 fully saturated rings. The molecule has 0 unspecified atom stereocenters. The molecular weight excluding hydrogens is 435 g/mol. The van der Waals surface area contributed by atoms with Gasteiger partial charge < -0.3 is 10.6 Å². The predicted molar refractivity (Wildman–Crippen MR) is 110 cm³/mol. The first kappa shape index (κ1) is 18.8. The molecule has 2 aromatic carbocycles. The molecule has 0 atom stereocenters. The van der Waals surface area contributed by atoms with Crippen molar-refractivity contribution in [3.63, 3.8) is 0 Å². The fraction of sp³-hybridized carbons (Fsp3) is 0.222. The largest absolute Gasteiger partial charge is 0.325 e. The molecule has 24 heavy (non-hydrogen) atoms. The summed E-state index contributed by atoms with van der Waals surface area (Å²) >= 11 is 3.53. The monoisotopic (exact) mass is 454 g/mol. The van der Waals surface area contributed by atoms with E-state index in [2.05, 4.69) is 33.2 Å². The van der Waals surface area contributed by atoms with Crippen molar-refractivity contribution in [2.75, 3.05) is 22.1 Å². The standard InChI is InChI=1S/C18H19IN2O2S/c1-12-3-6-14(7-4-12)20-17(22)10-24-11-18(23)21-15-8-5-13(2)16(19)9-15/h3-9H,10-11H2,1-2H3,(H,20,22)(H,21,23). The molecule has 0 aromatic heterocycles. The zero-order valence-electron chi connectivity index (χ0n) is 13.6. The molecule has 0 saturated carbocycles. The molecule has 6 heteroatoms. The van der Waals surface area contributed by atoms with Gasteiger partial charge in [0.25, 0.3) is 0 Å². The maximum Gasteiger partial charge on any atom is 0.234 e. The lowest BCUT2D eigenvalue weighted by Gasteiger charge is -2.08. The van der Waals surface area contributed by atoms with Crippen LogP contribution in [0.15, 0.2) is 42.5 Å². The molecule has 126 valence electrons. The smallest absolute Gasteiger partial charge is 0.234 e. The molecule has 2 aromatic rings. The molecule has 0 radical (unpaired) electrons. The maximum atomic E-state index is 11.9. The van der Waals surface area contributed by atoms with Crippen LogP contribution >= 0.6 is 34.4 Å². The van der Waals surface area contributed by atoms with Gasteiger partial charge in [-0.25, -0.2) is 0 Å². The van der Waals surface area contributed by atoms with Crippen molar-refractivity contribution in [3.05, 3.63) is 57.2 Å². The molecule has 0 spiro atoms. The van der Waals surface area contributed by atoms with Crippen LogP contribution in [0.4, 0.5) is 11.4 Å². The lowest BCUT2D eigenvalue weighted by Crippen LogP contribution is -2.18. The van der Waals surface area contributed by atoms with Gasteiger partial charge in [0.2, 0.25) is 11.8 Å². The van der Waals surface area contributed by atoms with E-state index in [1.807, 2.05) is 56.3 Å². The van der Waals surface area contributed by atoms with E-state index in [4.69, 9.17) is 0 Å². The number of anilines is 2. The van der Waals surface area contributed by atoms with Crippen LogP contribution < -0.4 is 10.6 Å². The molecule has 0 heterocycles. The van der Waals surface area contributed by atoms with Crippen molar-refractivity contribution in [1.29, 1.82) is 0 Å². The number of hydrogen-bond donors (Lipinski definition) is 2.